The van der Waals surface area contributed by atoms with Crippen molar-refractivity contribution in [2.45, 2.75) is 63.0 Å². The number of carboxylic acids is 1. The van der Waals surface area contributed by atoms with Crippen molar-refractivity contribution < 1.29 is 15.0 Å². The molecule has 0 aliphatic heterocycles. The fraction of sp³-hybridized carbons (Fsp3) is 0.733. The molecular weight excluding hydrogens is 256 g/mol. The molecule has 0 saturated heterocycles. The first-order valence-corrected chi connectivity index (χ1v) is 7.55. The van der Waals surface area contributed by atoms with E-state index in [1.165, 1.54) is 32.1 Å². The van der Waals surface area contributed by atoms with Gasteiger partial charge in [-0.05, 0) is 31.7 Å². The lowest BCUT2D eigenvalue weighted by molar-refractivity contribution is -0.158. The predicted octanol–water partition coefficient (Wildman–Crippen LogP) is 2.16. The van der Waals surface area contributed by atoms with Crippen molar-refractivity contribution in [1.82, 2.24) is 9.78 Å². The van der Waals surface area contributed by atoms with Gasteiger partial charge >= 0.3 is 5.97 Å². The van der Waals surface area contributed by atoms with Crippen LogP contribution in [0.15, 0.2) is 12.3 Å². The minimum Gasteiger partial charge on any atom is -0.481 e. The zero-order chi connectivity index (χ0) is 14.2. The van der Waals surface area contributed by atoms with Crippen LogP contribution in [0.4, 0.5) is 0 Å². The van der Waals surface area contributed by atoms with Gasteiger partial charge in [-0.1, -0.05) is 19.3 Å². The maximum atomic E-state index is 10.8. The molecule has 0 bridgehead atoms. The summed E-state index contributed by atoms with van der Waals surface area (Å²) in [6.45, 7) is 0. The summed E-state index contributed by atoms with van der Waals surface area (Å²) in [4.78, 5) is 10.8. The second kappa shape index (κ2) is 5.20. The van der Waals surface area contributed by atoms with Gasteiger partial charge in [-0.3, -0.25) is 9.48 Å². The van der Waals surface area contributed by atoms with Crippen molar-refractivity contribution in [3.8, 4) is 0 Å². The van der Waals surface area contributed by atoms with E-state index < -0.39 is 11.6 Å². The Balaban J connectivity index is 1.59. The van der Waals surface area contributed by atoms with E-state index in [9.17, 15) is 9.90 Å². The molecule has 1 aromatic heterocycles. The highest BCUT2D eigenvalue weighted by molar-refractivity contribution is 5.71. The highest BCUT2D eigenvalue weighted by atomic mass is 16.4. The van der Waals surface area contributed by atoms with E-state index in [2.05, 4.69) is 5.10 Å². The average molecular weight is 278 g/mol. The van der Waals surface area contributed by atoms with Crippen LogP contribution in [-0.4, -0.2) is 31.6 Å². The van der Waals surface area contributed by atoms with Crippen LogP contribution in [-0.2, 0) is 11.2 Å². The summed E-state index contributed by atoms with van der Waals surface area (Å²) in [5.41, 5.74) is 0.0105. The molecule has 1 heterocycles. The van der Waals surface area contributed by atoms with Crippen LogP contribution in [0, 0.1) is 5.92 Å². The Labute approximate surface area is 118 Å². The van der Waals surface area contributed by atoms with Crippen molar-refractivity contribution in [2.75, 3.05) is 0 Å². The summed E-state index contributed by atoms with van der Waals surface area (Å²) in [6, 6.07) is 2.46. The fourth-order valence-corrected chi connectivity index (χ4v) is 3.53. The van der Waals surface area contributed by atoms with Gasteiger partial charge in [0, 0.05) is 12.6 Å². The van der Waals surface area contributed by atoms with Crippen molar-refractivity contribution in [3.63, 3.8) is 0 Å². The van der Waals surface area contributed by atoms with Crippen molar-refractivity contribution in [1.29, 1.82) is 0 Å². The molecule has 5 nitrogen and oxygen atoms in total. The van der Waals surface area contributed by atoms with Crippen LogP contribution in [0.5, 0.6) is 0 Å². The number of aliphatic hydroxyl groups is 1. The molecule has 5 heteroatoms. The van der Waals surface area contributed by atoms with Gasteiger partial charge < -0.3 is 10.2 Å². The zero-order valence-corrected chi connectivity index (χ0v) is 11.7. The summed E-state index contributed by atoms with van der Waals surface area (Å²) in [6.07, 6.45) is 9.39. The van der Waals surface area contributed by atoms with E-state index in [0.29, 0.717) is 25.3 Å². The maximum absolute atomic E-state index is 10.8. The van der Waals surface area contributed by atoms with E-state index in [4.69, 9.17) is 5.11 Å². The quantitative estimate of drug-likeness (QED) is 0.885. The molecule has 0 unspecified atom stereocenters. The number of hydrogen-bond acceptors (Lipinski definition) is 3. The topological polar surface area (TPSA) is 75.3 Å². The third-order valence-electron chi connectivity index (χ3n) is 4.72. The van der Waals surface area contributed by atoms with Gasteiger partial charge in [0.1, 0.15) is 0 Å². The highest BCUT2D eigenvalue weighted by Crippen LogP contribution is 2.40. The van der Waals surface area contributed by atoms with Gasteiger partial charge in [-0.25, -0.2) is 0 Å². The van der Waals surface area contributed by atoms with E-state index >= 15 is 0 Å². The van der Waals surface area contributed by atoms with Crippen LogP contribution >= 0.6 is 0 Å². The Kier molecular flexibility index (Phi) is 3.54. The minimum atomic E-state index is -0.866. The molecule has 20 heavy (non-hydrogen) atoms. The number of carbonyl (C=O) groups is 1. The smallest absolute Gasteiger partial charge is 0.306 e. The summed E-state index contributed by atoms with van der Waals surface area (Å²) in [5, 5.41) is 23.7. The Morgan fingerprint density at radius 2 is 2.05 bits per heavy atom. The molecular formula is C15H22N2O3. The third kappa shape index (κ3) is 2.73. The molecule has 0 spiro atoms. The monoisotopic (exact) mass is 278 g/mol. The average Bonchev–Trinajstić information content (AvgIpc) is 2.85. The van der Waals surface area contributed by atoms with E-state index in [-0.39, 0.29) is 5.92 Å². The number of aliphatic carboxylic acids is 1. The molecule has 2 aliphatic carbocycles. The summed E-state index contributed by atoms with van der Waals surface area (Å²) in [5.74, 6) is -1.19. The van der Waals surface area contributed by atoms with Crippen LogP contribution in [0.2, 0.25) is 0 Å². The third-order valence-corrected chi connectivity index (χ3v) is 4.72. The first-order chi connectivity index (χ1) is 9.56. The second-order valence-corrected chi connectivity index (χ2v) is 6.42. The predicted molar refractivity (Wildman–Crippen MR) is 73.4 cm³/mol. The van der Waals surface area contributed by atoms with E-state index in [0.717, 1.165) is 5.69 Å². The molecule has 2 N–H and O–H groups in total. The van der Waals surface area contributed by atoms with Crippen LogP contribution in [0.25, 0.3) is 0 Å². The first-order valence-electron chi connectivity index (χ1n) is 7.55. The number of carboxylic acid groups (broad SMARTS) is 1. The summed E-state index contributed by atoms with van der Waals surface area (Å²) >= 11 is 0. The number of rotatable bonds is 4. The number of hydrogen-bond donors (Lipinski definition) is 2. The lowest BCUT2D eigenvalue weighted by Crippen LogP contribution is -2.48. The van der Waals surface area contributed by atoms with E-state index in [1.54, 1.807) is 0 Å². The van der Waals surface area contributed by atoms with Gasteiger partial charge in [0.2, 0.25) is 0 Å². The highest BCUT2D eigenvalue weighted by Gasteiger charge is 2.46. The molecule has 0 atom stereocenters. The normalized spacial score (nSPS) is 30.9. The number of aromatic nitrogens is 2. The Hall–Kier alpha value is -1.36. The van der Waals surface area contributed by atoms with E-state index in [1.807, 2.05) is 16.9 Å². The SMILES string of the molecule is O=C(O)C1CC(O)(Cc2ccn(C3CCCCC3)n2)C1. The van der Waals surface area contributed by atoms with Gasteiger partial charge in [0.25, 0.3) is 0 Å². The number of nitrogens with zero attached hydrogens (tertiary/aromatic N) is 2. The van der Waals surface area contributed by atoms with Crippen molar-refractivity contribution in [3.05, 3.63) is 18.0 Å². The molecule has 2 fully saturated rings. The van der Waals surface area contributed by atoms with Crippen LogP contribution < -0.4 is 0 Å². The molecule has 110 valence electrons. The molecule has 3 rings (SSSR count). The largest absolute Gasteiger partial charge is 0.481 e. The van der Waals surface area contributed by atoms with Crippen LogP contribution in [0.3, 0.4) is 0 Å². The van der Waals surface area contributed by atoms with Gasteiger partial charge in [-0.2, -0.15) is 5.10 Å². The molecule has 0 aromatic carbocycles. The summed E-state index contributed by atoms with van der Waals surface area (Å²) < 4.78 is 2.03. The Morgan fingerprint density at radius 3 is 2.70 bits per heavy atom. The first kappa shape index (κ1) is 13.6. The van der Waals surface area contributed by atoms with Crippen molar-refractivity contribution >= 4 is 5.97 Å². The van der Waals surface area contributed by atoms with Crippen molar-refractivity contribution in [2.24, 2.45) is 5.92 Å². The van der Waals surface area contributed by atoms with Gasteiger partial charge in [0.05, 0.1) is 23.3 Å². The Morgan fingerprint density at radius 1 is 1.35 bits per heavy atom. The van der Waals surface area contributed by atoms with Gasteiger partial charge in [0.15, 0.2) is 0 Å². The standard InChI is InChI=1S/C15H22N2O3/c18-14(19)11-8-15(20,9-11)10-12-6-7-17(16-12)13-4-2-1-3-5-13/h6-7,11,13,20H,1-5,8-10H2,(H,18,19). The maximum Gasteiger partial charge on any atom is 0.306 e. The molecule has 0 amide bonds. The Bertz CT molecular complexity index is 485. The lowest BCUT2D eigenvalue weighted by Gasteiger charge is -2.41. The van der Waals surface area contributed by atoms with Gasteiger partial charge in [-0.15, -0.1) is 0 Å². The zero-order valence-electron chi connectivity index (χ0n) is 11.7. The summed E-state index contributed by atoms with van der Waals surface area (Å²) in [7, 11) is 0. The van der Waals surface area contributed by atoms with Crippen LogP contribution in [0.1, 0.15) is 56.7 Å². The molecule has 1 aromatic rings. The molecule has 2 saturated carbocycles. The minimum absolute atomic E-state index is 0.346. The molecule has 0 radical (unpaired) electrons. The second-order valence-electron chi connectivity index (χ2n) is 6.42. The fourth-order valence-electron chi connectivity index (χ4n) is 3.53. The lowest BCUT2D eigenvalue weighted by atomic mass is 9.69. The molecule has 2 aliphatic rings.